The Morgan fingerprint density at radius 2 is 2.00 bits per heavy atom. The Balaban J connectivity index is 2.44. The molecule has 2 heterocycles. The van der Waals surface area contributed by atoms with Gasteiger partial charge in [-0.1, -0.05) is 0 Å². The molecule has 0 radical (unpaired) electrons. The van der Waals surface area contributed by atoms with E-state index in [9.17, 15) is 4.79 Å². The fraction of sp³-hybridized carbons (Fsp3) is 0.500. The average molecular weight is 276 g/mol. The lowest BCUT2D eigenvalue weighted by Gasteiger charge is -2.25. The highest BCUT2D eigenvalue weighted by Gasteiger charge is 2.23. The molecule has 0 aliphatic rings. The molecule has 0 N–H and O–H groups in total. The maximum absolute atomic E-state index is 12.2. The second-order valence-corrected chi connectivity index (χ2v) is 5.86. The van der Waals surface area contributed by atoms with Crippen LogP contribution in [0.2, 0.25) is 0 Å². The highest BCUT2D eigenvalue weighted by Crippen LogP contribution is 2.20. The number of carbonyl (C=O) groups is 1. The molecule has 0 saturated heterocycles. The molecule has 0 aliphatic heterocycles. The fourth-order valence-electron chi connectivity index (χ4n) is 1.84. The summed E-state index contributed by atoms with van der Waals surface area (Å²) in [5.74, 6) is 0.634. The number of ether oxygens (including phenoxy) is 1. The predicted molar refractivity (Wildman–Crippen MR) is 77.1 cm³/mol. The highest BCUT2D eigenvalue weighted by atomic mass is 16.6. The normalized spacial score (nSPS) is 11.7. The first-order chi connectivity index (χ1) is 9.19. The van der Waals surface area contributed by atoms with Gasteiger partial charge in [-0.05, 0) is 34.6 Å². The van der Waals surface area contributed by atoms with Crippen molar-refractivity contribution in [2.24, 2.45) is 0 Å². The zero-order valence-electron chi connectivity index (χ0n) is 12.8. The van der Waals surface area contributed by atoms with Crippen molar-refractivity contribution in [3.63, 3.8) is 0 Å². The summed E-state index contributed by atoms with van der Waals surface area (Å²) in [5.41, 5.74) is 2.00. The van der Waals surface area contributed by atoms with Gasteiger partial charge in [0.05, 0.1) is 6.20 Å². The number of aryl methyl sites for hydroxylation is 2. The second-order valence-electron chi connectivity index (χ2n) is 5.86. The predicted octanol–water partition coefficient (Wildman–Crippen LogP) is 2.72. The molecular formula is C14H20N4O2. The van der Waals surface area contributed by atoms with Crippen LogP contribution in [0.25, 0.3) is 5.65 Å². The summed E-state index contributed by atoms with van der Waals surface area (Å²) < 4.78 is 7.02. The SMILES string of the molecule is Cc1cc(N(C)C(=O)OC(C)(C)C)n2ncc(C)c2n1. The van der Waals surface area contributed by atoms with Crippen molar-refractivity contribution in [3.8, 4) is 0 Å². The van der Waals surface area contributed by atoms with E-state index < -0.39 is 11.7 Å². The Kier molecular flexibility index (Phi) is 3.41. The minimum Gasteiger partial charge on any atom is -0.443 e. The minimum absolute atomic E-state index is 0.419. The van der Waals surface area contributed by atoms with Gasteiger partial charge < -0.3 is 4.74 Å². The van der Waals surface area contributed by atoms with Crippen molar-refractivity contribution in [1.29, 1.82) is 0 Å². The summed E-state index contributed by atoms with van der Waals surface area (Å²) in [5, 5.41) is 4.26. The Morgan fingerprint density at radius 1 is 1.35 bits per heavy atom. The molecular weight excluding hydrogens is 256 g/mol. The maximum Gasteiger partial charge on any atom is 0.415 e. The van der Waals surface area contributed by atoms with Crippen LogP contribution in [0, 0.1) is 13.8 Å². The van der Waals surface area contributed by atoms with E-state index in [1.807, 2.05) is 40.7 Å². The maximum atomic E-state index is 12.2. The van der Waals surface area contributed by atoms with Gasteiger partial charge in [-0.2, -0.15) is 9.61 Å². The third-order valence-electron chi connectivity index (χ3n) is 2.77. The van der Waals surface area contributed by atoms with Crippen molar-refractivity contribution in [2.75, 3.05) is 11.9 Å². The number of anilines is 1. The molecule has 0 aromatic carbocycles. The third-order valence-corrected chi connectivity index (χ3v) is 2.77. The Bertz CT molecular complexity index is 655. The van der Waals surface area contributed by atoms with E-state index in [1.165, 1.54) is 4.90 Å². The van der Waals surface area contributed by atoms with E-state index in [-0.39, 0.29) is 0 Å². The van der Waals surface area contributed by atoms with Gasteiger partial charge in [0.1, 0.15) is 11.4 Å². The number of aromatic nitrogens is 3. The Labute approximate surface area is 118 Å². The Hall–Kier alpha value is -2.11. The molecule has 2 aromatic heterocycles. The zero-order valence-corrected chi connectivity index (χ0v) is 12.8. The van der Waals surface area contributed by atoms with E-state index >= 15 is 0 Å². The molecule has 0 saturated carbocycles. The number of rotatable bonds is 1. The molecule has 0 atom stereocenters. The molecule has 0 aliphatic carbocycles. The largest absolute Gasteiger partial charge is 0.443 e. The molecule has 20 heavy (non-hydrogen) atoms. The standard InChI is InChI=1S/C14H20N4O2/c1-9-8-15-18-11(7-10(2)16-12(9)18)17(6)13(19)20-14(3,4)5/h7-8H,1-6H3. The van der Waals surface area contributed by atoms with Gasteiger partial charge in [0.25, 0.3) is 0 Å². The fourth-order valence-corrected chi connectivity index (χ4v) is 1.84. The summed E-state index contributed by atoms with van der Waals surface area (Å²) in [7, 11) is 1.67. The molecule has 1 amide bonds. The number of fused-ring (bicyclic) bond motifs is 1. The van der Waals surface area contributed by atoms with Gasteiger partial charge in [0, 0.05) is 24.4 Å². The van der Waals surface area contributed by atoms with Crippen LogP contribution < -0.4 is 4.90 Å². The van der Waals surface area contributed by atoms with Crippen LogP contribution in [0.4, 0.5) is 10.6 Å². The van der Waals surface area contributed by atoms with E-state index in [0.717, 1.165) is 16.9 Å². The van der Waals surface area contributed by atoms with Gasteiger partial charge in [0.15, 0.2) is 5.65 Å². The van der Waals surface area contributed by atoms with Crippen LogP contribution in [0.15, 0.2) is 12.3 Å². The number of hydrogen-bond acceptors (Lipinski definition) is 4. The summed E-state index contributed by atoms with van der Waals surface area (Å²) in [6.07, 6.45) is 1.31. The quantitative estimate of drug-likeness (QED) is 0.803. The van der Waals surface area contributed by atoms with E-state index in [2.05, 4.69) is 10.1 Å². The molecule has 0 spiro atoms. The molecule has 2 aromatic rings. The number of nitrogens with zero attached hydrogens (tertiary/aromatic N) is 4. The van der Waals surface area contributed by atoms with E-state index in [1.54, 1.807) is 17.8 Å². The second kappa shape index (κ2) is 4.77. The van der Waals surface area contributed by atoms with Crippen LogP contribution in [-0.2, 0) is 4.74 Å². The molecule has 0 unspecified atom stereocenters. The molecule has 0 bridgehead atoms. The van der Waals surface area contributed by atoms with Crippen LogP contribution in [0.3, 0.4) is 0 Å². The van der Waals surface area contributed by atoms with Gasteiger partial charge in [-0.3, -0.25) is 4.90 Å². The van der Waals surface area contributed by atoms with Crippen molar-refractivity contribution >= 4 is 17.6 Å². The van der Waals surface area contributed by atoms with Gasteiger partial charge in [0.2, 0.25) is 0 Å². The van der Waals surface area contributed by atoms with Crippen LogP contribution >= 0.6 is 0 Å². The van der Waals surface area contributed by atoms with Crippen LogP contribution in [0.1, 0.15) is 32.0 Å². The summed E-state index contributed by atoms with van der Waals surface area (Å²) in [6.45, 7) is 9.34. The zero-order chi connectivity index (χ0) is 15.1. The first kappa shape index (κ1) is 14.3. The number of carbonyl (C=O) groups excluding carboxylic acids is 1. The van der Waals surface area contributed by atoms with Gasteiger partial charge in [-0.15, -0.1) is 0 Å². The Morgan fingerprint density at radius 3 is 2.60 bits per heavy atom. The van der Waals surface area contributed by atoms with Gasteiger partial charge in [-0.25, -0.2) is 9.78 Å². The highest BCUT2D eigenvalue weighted by molar-refractivity contribution is 5.86. The summed E-state index contributed by atoms with van der Waals surface area (Å²) >= 11 is 0. The van der Waals surface area contributed by atoms with E-state index in [4.69, 9.17) is 4.74 Å². The van der Waals surface area contributed by atoms with Crippen molar-refractivity contribution in [2.45, 2.75) is 40.2 Å². The third kappa shape index (κ3) is 2.74. The smallest absolute Gasteiger partial charge is 0.415 e. The monoisotopic (exact) mass is 276 g/mol. The summed E-state index contributed by atoms with van der Waals surface area (Å²) in [6, 6.07) is 1.81. The first-order valence-electron chi connectivity index (χ1n) is 6.48. The molecule has 0 fully saturated rings. The molecule has 2 rings (SSSR count). The first-order valence-corrected chi connectivity index (χ1v) is 6.48. The number of amides is 1. The molecule has 108 valence electrons. The van der Waals surface area contributed by atoms with Crippen molar-refractivity contribution in [1.82, 2.24) is 14.6 Å². The lowest BCUT2D eigenvalue weighted by molar-refractivity contribution is 0.0587. The molecule has 6 heteroatoms. The topological polar surface area (TPSA) is 59.7 Å². The van der Waals surface area contributed by atoms with E-state index in [0.29, 0.717) is 5.82 Å². The lowest BCUT2D eigenvalue weighted by Crippen LogP contribution is -2.35. The van der Waals surface area contributed by atoms with Crippen molar-refractivity contribution in [3.05, 3.63) is 23.5 Å². The van der Waals surface area contributed by atoms with Crippen molar-refractivity contribution < 1.29 is 9.53 Å². The van der Waals surface area contributed by atoms with Crippen LogP contribution in [-0.4, -0.2) is 33.3 Å². The molecule has 6 nitrogen and oxygen atoms in total. The van der Waals surface area contributed by atoms with Crippen LogP contribution in [0.5, 0.6) is 0 Å². The average Bonchev–Trinajstić information content (AvgIpc) is 2.67. The van der Waals surface area contributed by atoms with Gasteiger partial charge >= 0.3 is 6.09 Å². The minimum atomic E-state index is -0.535. The lowest BCUT2D eigenvalue weighted by atomic mass is 10.2. The summed E-state index contributed by atoms with van der Waals surface area (Å²) in [4.78, 5) is 18.0. The number of hydrogen-bond donors (Lipinski definition) is 0.